The third-order valence-electron chi connectivity index (χ3n) is 3.51. The van der Waals surface area contributed by atoms with Gasteiger partial charge in [0.25, 0.3) is 0 Å². The molecule has 0 aliphatic carbocycles. The second-order valence-corrected chi connectivity index (χ2v) is 7.11. The number of aryl methyl sites for hydroxylation is 1. The summed E-state index contributed by atoms with van der Waals surface area (Å²) in [5.41, 5.74) is 1.60. The maximum Gasteiger partial charge on any atom is 0.237 e. The SMILES string of the molecule is Cc1ccc(Cl)cc1NC(=O)C(C)Sc1nnc(-c2ccco2)n1N. The lowest BCUT2D eigenvalue weighted by atomic mass is 10.2. The first kappa shape index (κ1) is 17.4. The number of anilines is 1. The number of carbonyl (C=O) groups is 1. The van der Waals surface area contributed by atoms with E-state index in [1.807, 2.05) is 13.0 Å². The van der Waals surface area contributed by atoms with E-state index >= 15 is 0 Å². The third-order valence-corrected chi connectivity index (χ3v) is 4.81. The smallest absolute Gasteiger partial charge is 0.237 e. The summed E-state index contributed by atoms with van der Waals surface area (Å²) < 4.78 is 6.57. The predicted octanol–water partition coefficient (Wildman–Crippen LogP) is 3.33. The molecule has 0 radical (unpaired) electrons. The van der Waals surface area contributed by atoms with Crippen molar-refractivity contribution in [1.29, 1.82) is 0 Å². The second-order valence-electron chi connectivity index (χ2n) is 5.36. The van der Waals surface area contributed by atoms with Crippen LogP contribution in [0.2, 0.25) is 5.02 Å². The lowest BCUT2D eigenvalue weighted by Gasteiger charge is -2.13. The molecule has 2 aromatic heterocycles. The number of hydrogen-bond acceptors (Lipinski definition) is 6. The van der Waals surface area contributed by atoms with Crippen LogP contribution in [0.3, 0.4) is 0 Å². The minimum absolute atomic E-state index is 0.182. The Morgan fingerprint density at radius 2 is 2.20 bits per heavy atom. The van der Waals surface area contributed by atoms with Crippen molar-refractivity contribution in [2.24, 2.45) is 0 Å². The van der Waals surface area contributed by atoms with E-state index in [2.05, 4.69) is 15.5 Å². The highest BCUT2D eigenvalue weighted by Crippen LogP contribution is 2.26. The second kappa shape index (κ2) is 7.20. The number of halogens is 1. The Hall–Kier alpha value is -2.45. The van der Waals surface area contributed by atoms with Crippen molar-refractivity contribution in [3.8, 4) is 11.6 Å². The molecule has 0 bridgehead atoms. The zero-order chi connectivity index (χ0) is 18.0. The van der Waals surface area contributed by atoms with E-state index in [4.69, 9.17) is 21.9 Å². The fourth-order valence-electron chi connectivity index (χ4n) is 2.11. The van der Waals surface area contributed by atoms with Crippen molar-refractivity contribution in [2.75, 3.05) is 11.2 Å². The Bertz CT molecular complexity index is 894. The van der Waals surface area contributed by atoms with Gasteiger partial charge in [-0.05, 0) is 43.7 Å². The van der Waals surface area contributed by atoms with E-state index < -0.39 is 5.25 Å². The molecule has 3 rings (SSSR count). The minimum atomic E-state index is -0.436. The van der Waals surface area contributed by atoms with Crippen LogP contribution in [-0.4, -0.2) is 26.0 Å². The Morgan fingerprint density at radius 3 is 2.92 bits per heavy atom. The van der Waals surface area contributed by atoms with Gasteiger partial charge in [-0.15, -0.1) is 10.2 Å². The highest BCUT2D eigenvalue weighted by atomic mass is 35.5. The number of nitrogens with two attached hydrogens (primary N) is 1. The molecule has 0 fully saturated rings. The van der Waals surface area contributed by atoms with Gasteiger partial charge in [0.2, 0.25) is 16.9 Å². The summed E-state index contributed by atoms with van der Waals surface area (Å²) in [6.45, 7) is 3.66. The summed E-state index contributed by atoms with van der Waals surface area (Å²) in [5, 5.41) is 11.4. The average molecular weight is 378 g/mol. The first-order chi connectivity index (χ1) is 12.0. The van der Waals surface area contributed by atoms with E-state index in [-0.39, 0.29) is 5.91 Å². The normalized spacial score (nSPS) is 12.1. The van der Waals surface area contributed by atoms with Gasteiger partial charge in [0.1, 0.15) is 0 Å². The van der Waals surface area contributed by atoms with E-state index in [9.17, 15) is 4.79 Å². The van der Waals surface area contributed by atoms with Crippen LogP contribution in [-0.2, 0) is 4.79 Å². The van der Waals surface area contributed by atoms with Crippen molar-refractivity contribution in [1.82, 2.24) is 14.9 Å². The lowest BCUT2D eigenvalue weighted by molar-refractivity contribution is -0.115. The van der Waals surface area contributed by atoms with Crippen molar-refractivity contribution in [3.63, 3.8) is 0 Å². The molecule has 0 aliphatic heterocycles. The molecule has 0 aliphatic rings. The summed E-state index contributed by atoms with van der Waals surface area (Å²) in [5.74, 6) is 6.72. The molecule has 9 heteroatoms. The van der Waals surface area contributed by atoms with Crippen LogP contribution < -0.4 is 11.2 Å². The molecule has 0 saturated heterocycles. The number of amides is 1. The fraction of sp³-hybridized carbons (Fsp3) is 0.188. The number of nitrogens with zero attached hydrogens (tertiary/aromatic N) is 3. The third kappa shape index (κ3) is 3.80. The van der Waals surface area contributed by atoms with Crippen LogP contribution in [0, 0.1) is 6.92 Å². The van der Waals surface area contributed by atoms with Gasteiger partial charge < -0.3 is 15.6 Å². The summed E-state index contributed by atoms with van der Waals surface area (Å²) in [4.78, 5) is 12.4. The number of thioether (sulfide) groups is 1. The molecule has 1 unspecified atom stereocenters. The maximum absolute atomic E-state index is 12.4. The van der Waals surface area contributed by atoms with Crippen LogP contribution in [0.15, 0.2) is 46.2 Å². The highest BCUT2D eigenvalue weighted by Gasteiger charge is 2.21. The zero-order valence-corrected chi connectivity index (χ0v) is 15.1. The first-order valence-corrected chi connectivity index (χ1v) is 8.69. The van der Waals surface area contributed by atoms with Gasteiger partial charge in [0.15, 0.2) is 5.76 Å². The summed E-state index contributed by atoms with van der Waals surface area (Å²) in [6, 6.07) is 8.81. The quantitative estimate of drug-likeness (QED) is 0.522. The number of benzene rings is 1. The number of furan rings is 1. The molecule has 1 atom stereocenters. The van der Waals surface area contributed by atoms with E-state index in [0.717, 1.165) is 5.56 Å². The Labute approximate surface area is 153 Å². The standard InChI is InChI=1S/C16H16ClN5O2S/c1-9-5-6-11(17)8-12(9)19-15(23)10(2)25-16-21-20-14(22(16)18)13-4-3-7-24-13/h3-8,10H,18H2,1-2H3,(H,19,23). The van der Waals surface area contributed by atoms with Gasteiger partial charge in [-0.2, -0.15) is 0 Å². The van der Waals surface area contributed by atoms with Gasteiger partial charge >= 0.3 is 0 Å². The fourth-order valence-corrected chi connectivity index (χ4v) is 3.05. The molecule has 1 amide bonds. The van der Waals surface area contributed by atoms with E-state index in [1.54, 1.807) is 31.2 Å². The van der Waals surface area contributed by atoms with Gasteiger partial charge in [-0.3, -0.25) is 4.79 Å². The number of carbonyl (C=O) groups excluding carboxylic acids is 1. The van der Waals surface area contributed by atoms with Crippen molar-refractivity contribution >= 4 is 35.0 Å². The number of aromatic nitrogens is 3. The lowest BCUT2D eigenvalue weighted by Crippen LogP contribution is -2.24. The predicted molar refractivity (Wildman–Crippen MR) is 98.0 cm³/mol. The highest BCUT2D eigenvalue weighted by molar-refractivity contribution is 8.00. The van der Waals surface area contributed by atoms with Gasteiger partial charge in [-0.25, -0.2) is 4.68 Å². The van der Waals surface area contributed by atoms with Crippen molar-refractivity contribution in [3.05, 3.63) is 47.2 Å². The van der Waals surface area contributed by atoms with Crippen molar-refractivity contribution in [2.45, 2.75) is 24.3 Å². The number of rotatable bonds is 5. The first-order valence-electron chi connectivity index (χ1n) is 7.43. The molecule has 2 heterocycles. The Kier molecular flexibility index (Phi) is 5.00. The maximum atomic E-state index is 12.4. The summed E-state index contributed by atoms with van der Waals surface area (Å²) in [6.07, 6.45) is 1.53. The summed E-state index contributed by atoms with van der Waals surface area (Å²) >= 11 is 7.18. The van der Waals surface area contributed by atoms with E-state index in [0.29, 0.717) is 27.5 Å². The number of nitrogen functional groups attached to an aromatic ring is 1. The molecule has 25 heavy (non-hydrogen) atoms. The number of nitrogens with one attached hydrogen (secondary N) is 1. The summed E-state index contributed by atoms with van der Waals surface area (Å²) in [7, 11) is 0. The van der Waals surface area contributed by atoms with Crippen molar-refractivity contribution < 1.29 is 9.21 Å². The van der Waals surface area contributed by atoms with Gasteiger partial charge in [0, 0.05) is 10.7 Å². The van der Waals surface area contributed by atoms with Crippen LogP contribution >= 0.6 is 23.4 Å². The monoisotopic (exact) mass is 377 g/mol. The van der Waals surface area contributed by atoms with Gasteiger partial charge in [-0.1, -0.05) is 29.4 Å². The minimum Gasteiger partial charge on any atom is -0.461 e. The molecule has 3 aromatic rings. The molecular weight excluding hydrogens is 362 g/mol. The van der Waals surface area contributed by atoms with Gasteiger partial charge in [0.05, 0.1) is 11.5 Å². The Morgan fingerprint density at radius 1 is 1.40 bits per heavy atom. The molecular formula is C16H16ClN5O2S. The van der Waals surface area contributed by atoms with Crippen LogP contribution in [0.4, 0.5) is 5.69 Å². The zero-order valence-electron chi connectivity index (χ0n) is 13.6. The molecule has 0 spiro atoms. The largest absolute Gasteiger partial charge is 0.461 e. The van der Waals surface area contributed by atoms with Crippen LogP contribution in [0.25, 0.3) is 11.6 Å². The average Bonchev–Trinajstić information content (AvgIpc) is 3.21. The van der Waals surface area contributed by atoms with E-state index in [1.165, 1.54) is 22.7 Å². The molecule has 0 saturated carbocycles. The molecule has 3 N–H and O–H groups in total. The topological polar surface area (TPSA) is 99.0 Å². The molecule has 130 valence electrons. The van der Waals surface area contributed by atoms with Crippen LogP contribution in [0.5, 0.6) is 0 Å². The molecule has 7 nitrogen and oxygen atoms in total. The molecule has 1 aromatic carbocycles. The Balaban J connectivity index is 1.71. The van der Waals surface area contributed by atoms with Crippen LogP contribution in [0.1, 0.15) is 12.5 Å². The number of hydrogen-bond donors (Lipinski definition) is 2.